The van der Waals surface area contributed by atoms with E-state index in [1.807, 2.05) is 0 Å². The molecule has 1 aliphatic heterocycles. The summed E-state index contributed by atoms with van der Waals surface area (Å²) in [5.74, 6) is 2.69. The van der Waals surface area contributed by atoms with Gasteiger partial charge in [0.15, 0.2) is 0 Å². The van der Waals surface area contributed by atoms with Crippen LogP contribution in [0.15, 0.2) is 11.6 Å². The molecule has 0 bridgehead atoms. The second kappa shape index (κ2) is 7.31. The zero-order chi connectivity index (χ0) is 15.5. The Labute approximate surface area is 133 Å². The second-order valence-corrected chi connectivity index (χ2v) is 8.97. The van der Waals surface area contributed by atoms with Gasteiger partial charge in [0.2, 0.25) is 0 Å². The second-order valence-electron chi connectivity index (χ2n) is 8.97. The van der Waals surface area contributed by atoms with Crippen molar-refractivity contribution in [2.24, 2.45) is 23.2 Å². The number of allylic oxidation sites excluding steroid dienone is 1. The molecule has 1 saturated heterocycles. The minimum Gasteiger partial charge on any atom is -0.299 e. The average molecular weight is 292 g/mol. The van der Waals surface area contributed by atoms with Gasteiger partial charge in [-0.2, -0.15) is 0 Å². The molecule has 21 heavy (non-hydrogen) atoms. The molecule has 0 spiro atoms. The van der Waals surface area contributed by atoms with Crippen molar-refractivity contribution in [3.8, 4) is 0 Å². The zero-order valence-electron chi connectivity index (χ0n) is 15.1. The lowest BCUT2D eigenvalue weighted by Crippen LogP contribution is -2.35. The molecule has 0 aromatic carbocycles. The van der Waals surface area contributed by atoms with Crippen LogP contribution in [0.1, 0.15) is 73.1 Å². The van der Waals surface area contributed by atoms with Crippen molar-refractivity contribution < 1.29 is 0 Å². The van der Waals surface area contributed by atoms with Gasteiger partial charge in [0.1, 0.15) is 0 Å². The van der Waals surface area contributed by atoms with Crippen molar-refractivity contribution in [1.82, 2.24) is 4.90 Å². The smallest absolute Gasteiger partial charge is 0.0190 e. The number of likely N-dealkylation sites (tertiary alicyclic amines) is 1. The summed E-state index contributed by atoms with van der Waals surface area (Å²) in [5.41, 5.74) is 2.12. The maximum atomic E-state index is 2.67. The van der Waals surface area contributed by atoms with Crippen LogP contribution in [0.4, 0.5) is 0 Å². The fourth-order valence-electron chi connectivity index (χ4n) is 4.39. The lowest BCUT2D eigenvalue weighted by molar-refractivity contribution is 0.162. The Morgan fingerprint density at radius 3 is 2.33 bits per heavy atom. The molecule has 2 rings (SSSR count). The van der Waals surface area contributed by atoms with Crippen LogP contribution in [-0.2, 0) is 0 Å². The Balaban J connectivity index is 1.78. The van der Waals surface area contributed by atoms with Gasteiger partial charge in [-0.25, -0.2) is 0 Å². The molecule has 0 aromatic heterocycles. The van der Waals surface area contributed by atoms with Gasteiger partial charge in [-0.3, -0.25) is 4.90 Å². The van der Waals surface area contributed by atoms with Gasteiger partial charge in [-0.05, 0) is 75.2 Å². The molecule has 0 N–H and O–H groups in total. The molecular formula is C20H37N. The van der Waals surface area contributed by atoms with Crippen molar-refractivity contribution in [2.75, 3.05) is 19.6 Å². The Hall–Kier alpha value is -0.300. The SMILES string of the molecule is CC(=CC1CCC(C(C)(C)C)CC1)CN1CCCC(C)C1. The van der Waals surface area contributed by atoms with Gasteiger partial charge >= 0.3 is 0 Å². The molecule has 1 heteroatoms. The molecule has 0 radical (unpaired) electrons. The first-order chi connectivity index (χ1) is 9.84. The number of rotatable bonds is 3. The highest BCUT2D eigenvalue weighted by Crippen LogP contribution is 2.40. The van der Waals surface area contributed by atoms with Crippen molar-refractivity contribution in [2.45, 2.75) is 73.1 Å². The lowest BCUT2D eigenvalue weighted by atomic mass is 9.69. The maximum absolute atomic E-state index is 2.67. The summed E-state index contributed by atoms with van der Waals surface area (Å²) in [5, 5.41) is 0. The molecule has 2 aliphatic rings. The molecule has 1 heterocycles. The predicted octanol–water partition coefficient (Wildman–Crippen LogP) is 5.52. The first kappa shape index (κ1) is 17.1. The third-order valence-electron chi connectivity index (χ3n) is 5.73. The minimum atomic E-state index is 0.508. The fraction of sp³-hybridized carbons (Fsp3) is 0.900. The summed E-state index contributed by atoms with van der Waals surface area (Å²) in [6.45, 7) is 15.8. The highest BCUT2D eigenvalue weighted by atomic mass is 15.1. The van der Waals surface area contributed by atoms with Crippen LogP contribution >= 0.6 is 0 Å². The largest absolute Gasteiger partial charge is 0.299 e. The van der Waals surface area contributed by atoms with Gasteiger partial charge < -0.3 is 0 Å². The van der Waals surface area contributed by atoms with E-state index >= 15 is 0 Å². The lowest BCUT2D eigenvalue weighted by Gasteiger charge is -2.36. The topological polar surface area (TPSA) is 3.24 Å². The van der Waals surface area contributed by atoms with E-state index in [0.29, 0.717) is 5.41 Å². The number of hydrogen-bond acceptors (Lipinski definition) is 1. The van der Waals surface area contributed by atoms with E-state index in [4.69, 9.17) is 0 Å². The molecule has 1 saturated carbocycles. The fourth-order valence-corrected chi connectivity index (χ4v) is 4.39. The predicted molar refractivity (Wildman–Crippen MR) is 93.5 cm³/mol. The highest BCUT2D eigenvalue weighted by molar-refractivity contribution is 5.05. The molecule has 122 valence electrons. The van der Waals surface area contributed by atoms with Crippen molar-refractivity contribution in [3.05, 3.63) is 11.6 Å². The quantitative estimate of drug-likeness (QED) is 0.619. The summed E-state index contributed by atoms with van der Waals surface area (Å²) in [4.78, 5) is 2.67. The Kier molecular flexibility index (Phi) is 5.94. The van der Waals surface area contributed by atoms with E-state index in [1.165, 1.54) is 58.2 Å². The summed E-state index contributed by atoms with van der Waals surface area (Å²) >= 11 is 0. The van der Waals surface area contributed by atoms with Crippen LogP contribution in [0.2, 0.25) is 0 Å². The molecule has 2 fully saturated rings. The van der Waals surface area contributed by atoms with Crippen LogP contribution in [0, 0.1) is 23.2 Å². The highest BCUT2D eigenvalue weighted by Gasteiger charge is 2.29. The summed E-state index contributed by atoms with van der Waals surface area (Å²) in [7, 11) is 0. The standard InChI is InChI=1S/C20H37N/c1-16-7-6-12-21(14-16)15-17(2)13-18-8-10-19(11-9-18)20(3,4)5/h13,16,18-19H,6-12,14-15H2,1-5H3. The van der Waals surface area contributed by atoms with Crippen molar-refractivity contribution in [3.63, 3.8) is 0 Å². The van der Waals surface area contributed by atoms with Crippen LogP contribution < -0.4 is 0 Å². The number of hydrogen-bond donors (Lipinski definition) is 0. The van der Waals surface area contributed by atoms with E-state index in [0.717, 1.165) is 17.8 Å². The van der Waals surface area contributed by atoms with Crippen LogP contribution in [0.25, 0.3) is 0 Å². The summed E-state index contributed by atoms with van der Waals surface area (Å²) in [6.07, 6.45) is 11.1. The van der Waals surface area contributed by atoms with Gasteiger partial charge in [-0.15, -0.1) is 0 Å². The van der Waals surface area contributed by atoms with Gasteiger partial charge in [0, 0.05) is 13.1 Å². The zero-order valence-corrected chi connectivity index (χ0v) is 15.1. The van der Waals surface area contributed by atoms with E-state index in [1.54, 1.807) is 5.57 Å². The van der Waals surface area contributed by atoms with Crippen molar-refractivity contribution >= 4 is 0 Å². The molecular weight excluding hydrogens is 254 g/mol. The van der Waals surface area contributed by atoms with Gasteiger partial charge in [0.05, 0.1) is 0 Å². The van der Waals surface area contributed by atoms with E-state index < -0.39 is 0 Å². The molecule has 1 unspecified atom stereocenters. The summed E-state index contributed by atoms with van der Waals surface area (Å²) in [6, 6.07) is 0. The Bertz CT molecular complexity index is 341. The molecule has 1 nitrogen and oxygen atoms in total. The molecule has 0 amide bonds. The van der Waals surface area contributed by atoms with E-state index in [2.05, 4.69) is 45.6 Å². The molecule has 1 atom stereocenters. The van der Waals surface area contributed by atoms with Crippen molar-refractivity contribution in [1.29, 1.82) is 0 Å². The molecule has 1 aliphatic carbocycles. The van der Waals surface area contributed by atoms with E-state index in [-0.39, 0.29) is 0 Å². The molecule has 0 aromatic rings. The first-order valence-electron chi connectivity index (χ1n) is 9.24. The number of piperidine rings is 1. The van der Waals surface area contributed by atoms with Crippen LogP contribution in [0.5, 0.6) is 0 Å². The first-order valence-corrected chi connectivity index (χ1v) is 9.24. The monoisotopic (exact) mass is 291 g/mol. The third kappa shape index (κ3) is 5.43. The minimum absolute atomic E-state index is 0.508. The Morgan fingerprint density at radius 1 is 1.10 bits per heavy atom. The van der Waals surface area contributed by atoms with Crippen LogP contribution in [-0.4, -0.2) is 24.5 Å². The maximum Gasteiger partial charge on any atom is 0.0190 e. The average Bonchev–Trinajstić information content (AvgIpc) is 2.38. The normalized spacial score (nSPS) is 33.2. The number of nitrogens with zero attached hydrogens (tertiary/aromatic N) is 1. The van der Waals surface area contributed by atoms with Gasteiger partial charge in [-0.1, -0.05) is 39.3 Å². The third-order valence-corrected chi connectivity index (χ3v) is 5.73. The Morgan fingerprint density at radius 2 is 1.76 bits per heavy atom. The van der Waals surface area contributed by atoms with Gasteiger partial charge in [0.25, 0.3) is 0 Å². The summed E-state index contributed by atoms with van der Waals surface area (Å²) < 4.78 is 0. The van der Waals surface area contributed by atoms with Crippen LogP contribution in [0.3, 0.4) is 0 Å². The van der Waals surface area contributed by atoms with E-state index in [9.17, 15) is 0 Å².